The van der Waals surface area contributed by atoms with Gasteiger partial charge in [-0.3, -0.25) is 4.79 Å². The molecule has 0 saturated carbocycles. The molecule has 6 heteroatoms. The molecule has 0 radical (unpaired) electrons. The van der Waals surface area contributed by atoms with Crippen LogP contribution in [0.25, 0.3) is 0 Å². The molecule has 0 aromatic heterocycles. The van der Waals surface area contributed by atoms with E-state index in [0.717, 1.165) is 18.2 Å². The van der Waals surface area contributed by atoms with Crippen LogP contribution < -0.4 is 5.32 Å². The van der Waals surface area contributed by atoms with Gasteiger partial charge in [0.1, 0.15) is 17.5 Å². The summed E-state index contributed by atoms with van der Waals surface area (Å²) in [5, 5.41) is 2.36. The molecule has 1 N–H and O–H groups in total. The van der Waals surface area contributed by atoms with Crippen molar-refractivity contribution in [1.82, 2.24) is 0 Å². The van der Waals surface area contributed by atoms with Crippen molar-refractivity contribution in [1.29, 1.82) is 0 Å². The van der Waals surface area contributed by atoms with E-state index in [-0.39, 0.29) is 11.3 Å². The summed E-state index contributed by atoms with van der Waals surface area (Å²) in [6.45, 7) is 0. The molecule has 0 unspecified atom stereocenters. The molecular formula is C13H7BrF3NO. The lowest BCUT2D eigenvalue weighted by molar-refractivity contribution is 0.102. The second-order valence-corrected chi connectivity index (χ2v) is 4.59. The van der Waals surface area contributed by atoms with Crippen LogP contribution in [0.15, 0.2) is 40.9 Å². The maximum Gasteiger partial charge on any atom is 0.255 e. The Hall–Kier alpha value is -1.82. The third-order valence-corrected chi connectivity index (χ3v) is 2.99. The molecule has 0 spiro atoms. The van der Waals surface area contributed by atoms with E-state index in [2.05, 4.69) is 21.2 Å². The molecule has 0 saturated heterocycles. The summed E-state index contributed by atoms with van der Waals surface area (Å²) in [5.74, 6) is -2.99. The molecular weight excluding hydrogens is 323 g/mol. The molecule has 1 amide bonds. The minimum atomic E-state index is -0.858. The molecule has 0 aliphatic carbocycles. The molecule has 2 rings (SSSR count). The summed E-state index contributed by atoms with van der Waals surface area (Å²) in [5.41, 5.74) is -0.0108. The topological polar surface area (TPSA) is 29.1 Å². The average molecular weight is 330 g/mol. The van der Waals surface area contributed by atoms with Gasteiger partial charge in [0.15, 0.2) is 0 Å². The maximum atomic E-state index is 13.0. The highest BCUT2D eigenvalue weighted by Crippen LogP contribution is 2.23. The Labute approximate surface area is 115 Å². The van der Waals surface area contributed by atoms with Gasteiger partial charge in [-0.05, 0) is 46.3 Å². The van der Waals surface area contributed by atoms with E-state index in [1.165, 1.54) is 12.1 Å². The van der Waals surface area contributed by atoms with E-state index in [1.54, 1.807) is 0 Å². The minimum absolute atomic E-state index is 0.176. The van der Waals surface area contributed by atoms with Gasteiger partial charge in [0, 0.05) is 16.1 Å². The summed E-state index contributed by atoms with van der Waals surface area (Å²) >= 11 is 3.13. The second-order valence-electron chi connectivity index (χ2n) is 3.74. The summed E-state index contributed by atoms with van der Waals surface area (Å²) in [4.78, 5) is 11.8. The second kappa shape index (κ2) is 5.44. The van der Waals surface area contributed by atoms with Crippen molar-refractivity contribution in [3.63, 3.8) is 0 Å². The highest BCUT2D eigenvalue weighted by Gasteiger charge is 2.11. The first-order valence-corrected chi connectivity index (χ1v) is 5.97. The van der Waals surface area contributed by atoms with Gasteiger partial charge in [-0.1, -0.05) is 0 Å². The summed E-state index contributed by atoms with van der Waals surface area (Å²) in [7, 11) is 0. The predicted octanol–water partition coefficient (Wildman–Crippen LogP) is 4.12. The fourth-order valence-corrected chi connectivity index (χ4v) is 1.82. The van der Waals surface area contributed by atoms with Gasteiger partial charge in [0.25, 0.3) is 5.91 Å². The van der Waals surface area contributed by atoms with Gasteiger partial charge in [0.05, 0.1) is 5.69 Å². The van der Waals surface area contributed by atoms with Gasteiger partial charge >= 0.3 is 0 Å². The van der Waals surface area contributed by atoms with Crippen LogP contribution in [0.2, 0.25) is 0 Å². The van der Waals surface area contributed by atoms with Crippen LogP contribution in [0.1, 0.15) is 10.4 Å². The van der Waals surface area contributed by atoms with Crippen molar-refractivity contribution in [2.75, 3.05) is 5.32 Å². The van der Waals surface area contributed by atoms with Crippen LogP contribution in [-0.4, -0.2) is 5.91 Å². The molecule has 0 atom stereocenters. The van der Waals surface area contributed by atoms with Crippen molar-refractivity contribution in [2.45, 2.75) is 0 Å². The minimum Gasteiger partial charge on any atom is -0.321 e. The standard InChI is InChI=1S/C13H7BrF3NO/c14-11-2-1-8(15)6-12(11)18-13(19)7-3-9(16)5-10(17)4-7/h1-6H,(H,18,19). The molecule has 2 aromatic rings. The van der Waals surface area contributed by atoms with E-state index in [9.17, 15) is 18.0 Å². The Morgan fingerprint density at radius 3 is 2.21 bits per heavy atom. The average Bonchev–Trinajstić information content (AvgIpc) is 2.32. The lowest BCUT2D eigenvalue weighted by Gasteiger charge is -2.07. The highest BCUT2D eigenvalue weighted by molar-refractivity contribution is 9.10. The summed E-state index contributed by atoms with van der Waals surface area (Å²) in [6.07, 6.45) is 0. The monoisotopic (exact) mass is 329 g/mol. The van der Waals surface area contributed by atoms with Crippen LogP contribution in [0.3, 0.4) is 0 Å². The number of rotatable bonds is 2. The molecule has 19 heavy (non-hydrogen) atoms. The fourth-order valence-electron chi connectivity index (χ4n) is 1.47. The van der Waals surface area contributed by atoms with Gasteiger partial charge in [-0.15, -0.1) is 0 Å². The van der Waals surface area contributed by atoms with Crippen molar-refractivity contribution in [2.24, 2.45) is 0 Å². The number of benzene rings is 2. The van der Waals surface area contributed by atoms with Crippen molar-refractivity contribution in [3.8, 4) is 0 Å². The molecule has 2 nitrogen and oxygen atoms in total. The van der Waals surface area contributed by atoms with Crippen molar-refractivity contribution >= 4 is 27.5 Å². The third-order valence-electron chi connectivity index (χ3n) is 2.30. The molecule has 0 heterocycles. The Balaban J connectivity index is 2.28. The van der Waals surface area contributed by atoms with Gasteiger partial charge in [-0.25, -0.2) is 13.2 Å². The zero-order valence-electron chi connectivity index (χ0n) is 9.38. The normalized spacial score (nSPS) is 10.3. The van der Waals surface area contributed by atoms with E-state index in [0.29, 0.717) is 10.5 Å². The fraction of sp³-hybridized carbons (Fsp3) is 0. The zero-order chi connectivity index (χ0) is 14.0. The largest absolute Gasteiger partial charge is 0.321 e. The number of carbonyl (C=O) groups excluding carboxylic acids is 1. The van der Waals surface area contributed by atoms with Gasteiger partial charge < -0.3 is 5.32 Å². The first kappa shape index (κ1) is 13.6. The quantitative estimate of drug-likeness (QED) is 0.882. The smallest absolute Gasteiger partial charge is 0.255 e. The van der Waals surface area contributed by atoms with Crippen LogP contribution in [-0.2, 0) is 0 Å². The lowest BCUT2D eigenvalue weighted by atomic mass is 10.2. The lowest BCUT2D eigenvalue weighted by Crippen LogP contribution is -2.13. The Bertz CT molecular complexity index is 626. The van der Waals surface area contributed by atoms with E-state index >= 15 is 0 Å². The maximum absolute atomic E-state index is 13.0. The number of anilines is 1. The Kier molecular flexibility index (Phi) is 3.90. The third kappa shape index (κ3) is 3.35. The number of nitrogens with one attached hydrogen (secondary N) is 1. The van der Waals surface area contributed by atoms with Crippen LogP contribution in [0, 0.1) is 17.5 Å². The van der Waals surface area contributed by atoms with Gasteiger partial charge in [-0.2, -0.15) is 0 Å². The number of hydrogen-bond donors (Lipinski definition) is 1. The number of halogens is 4. The predicted molar refractivity (Wildman–Crippen MR) is 68.4 cm³/mol. The summed E-state index contributed by atoms with van der Waals surface area (Å²) < 4.78 is 39.5. The van der Waals surface area contributed by atoms with E-state index in [4.69, 9.17) is 0 Å². The number of amides is 1. The van der Waals surface area contributed by atoms with Gasteiger partial charge in [0.2, 0.25) is 0 Å². The van der Waals surface area contributed by atoms with Crippen molar-refractivity contribution in [3.05, 3.63) is 63.9 Å². The molecule has 0 bridgehead atoms. The van der Waals surface area contributed by atoms with E-state index < -0.39 is 23.4 Å². The Morgan fingerprint density at radius 1 is 0.947 bits per heavy atom. The molecule has 2 aromatic carbocycles. The highest BCUT2D eigenvalue weighted by atomic mass is 79.9. The zero-order valence-corrected chi connectivity index (χ0v) is 11.0. The van der Waals surface area contributed by atoms with E-state index in [1.807, 2.05) is 0 Å². The molecule has 0 aliphatic rings. The van der Waals surface area contributed by atoms with Crippen molar-refractivity contribution < 1.29 is 18.0 Å². The number of hydrogen-bond acceptors (Lipinski definition) is 1. The molecule has 0 fully saturated rings. The molecule has 0 aliphatic heterocycles. The SMILES string of the molecule is O=C(Nc1cc(F)ccc1Br)c1cc(F)cc(F)c1. The summed E-state index contributed by atoms with van der Waals surface area (Å²) in [6, 6.07) is 6.17. The first-order chi connectivity index (χ1) is 8.95. The molecule has 98 valence electrons. The van der Waals surface area contributed by atoms with Crippen LogP contribution >= 0.6 is 15.9 Å². The number of carbonyl (C=O) groups is 1. The van der Waals surface area contributed by atoms with Crippen LogP contribution in [0.5, 0.6) is 0 Å². The first-order valence-electron chi connectivity index (χ1n) is 5.18. The van der Waals surface area contributed by atoms with Crippen LogP contribution in [0.4, 0.5) is 18.9 Å². The Morgan fingerprint density at radius 2 is 1.58 bits per heavy atom.